The molecular weight excluding hydrogens is 198 g/mol. The van der Waals surface area contributed by atoms with Gasteiger partial charge in [-0.15, -0.1) is 6.92 Å². The fraction of sp³-hybridized carbons (Fsp3) is 0.250. The average molecular weight is 203 g/mol. The van der Waals surface area contributed by atoms with Gasteiger partial charge in [0.1, 0.15) is 0 Å². The standard InChI is InChI=1S/C4H5.Sm/c1-3-4-2;/h1,4H,2H3;/q-1;. The number of hydrogen-bond donors (Lipinski definition) is 0. The molecule has 0 rings (SSSR count). The fourth-order valence-corrected chi connectivity index (χ4v) is 0. The molecule has 0 spiro atoms. The van der Waals surface area contributed by atoms with Crippen molar-refractivity contribution < 1.29 is 40.4 Å². The van der Waals surface area contributed by atoms with Crippen LogP contribution in [-0.2, 0) is 0 Å². The molecule has 28 valence electrons. The first kappa shape index (κ1) is 9.24. The molecule has 0 aromatic rings. The molecule has 0 N–H and O–H groups in total. The second-order valence-electron chi connectivity index (χ2n) is 0.455. The van der Waals surface area contributed by atoms with Crippen molar-refractivity contribution in [2.24, 2.45) is 0 Å². The summed E-state index contributed by atoms with van der Waals surface area (Å²) >= 11 is 0. The third-order valence-electron chi connectivity index (χ3n) is 0.167. The summed E-state index contributed by atoms with van der Waals surface area (Å²) in [6.45, 7) is 1.82. The van der Waals surface area contributed by atoms with Gasteiger partial charge in [-0.2, -0.15) is 6.42 Å². The normalized spacial score (nSPS) is 3.20. The topological polar surface area (TPSA) is 0 Å². The molecule has 0 fully saturated rings. The zero-order valence-corrected chi connectivity index (χ0v) is 5.68. The van der Waals surface area contributed by atoms with E-state index in [1.807, 2.05) is 6.92 Å². The van der Waals surface area contributed by atoms with E-state index < -0.39 is 0 Å². The SMILES string of the molecule is C#C[CH-]C.[Sm]. The van der Waals surface area contributed by atoms with Gasteiger partial charge in [-0.1, -0.05) is 0 Å². The molecule has 0 heterocycles. The van der Waals surface area contributed by atoms with Crippen LogP contribution in [0.5, 0.6) is 0 Å². The van der Waals surface area contributed by atoms with Crippen LogP contribution >= 0.6 is 0 Å². The van der Waals surface area contributed by atoms with Gasteiger partial charge in [-0.25, -0.2) is 0 Å². The number of terminal acetylenes is 1. The van der Waals surface area contributed by atoms with Crippen molar-refractivity contribution in [3.63, 3.8) is 0 Å². The van der Waals surface area contributed by atoms with E-state index in [-0.39, 0.29) is 40.4 Å². The summed E-state index contributed by atoms with van der Waals surface area (Å²) in [5, 5.41) is 0. The minimum Gasteiger partial charge on any atom is -0.345 e. The summed E-state index contributed by atoms with van der Waals surface area (Å²) in [7, 11) is 0. The van der Waals surface area contributed by atoms with Crippen molar-refractivity contribution in [1.82, 2.24) is 0 Å². The second-order valence-corrected chi connectivity index (χ2v) is 0.455. The van der Waals surface area contributed by atoms with E-state index in [0.717, 1.165) is 0 Å². The van der Waals surface area contributed by atoms with E-state index in [4.69, 9.17) is 6.42 Å². The summed E-state index contributed by atoms with van der Waals surface area (Å²) in [6, 6.07) is 0. The van der Waals surface area contributed by atoms with Gasteiger partial charge in [0.05, 0.1) is 0 Å². The van der Waals surface area contributed by atoms with E-state index in [9.17, 15) is 0 Å². The van der Waals surface area contributed by atoms with Gasteiger partial charge < -0.3 is 6.42 Å². The Bertz CT molecular complexity index is 33.4. The first-order valence-electron chi connectivity index (χ1n) is 1.15. The molecule has 0 saturated carbocycles. The van der Waals surface area contributed by atoms with E-state index in [2.05, 4.69) is 5.92 Å². The van der Waals surface area contributed by atoms with Crippen molar-refractivity contribution in [3.8, 4) is 12.3 Å². The quantitative estimate of drug-likeness (QED) is 0.404. The molecule has 0 aliphatic carbocycles. The van der Waals surface area contributed by atoms with Gasteiger partial charge in [0.2, 0.25) is 0 Å². The van der Waals surface area contributed by atoms with Crippen LogP contribution < -0.4 is 0 Å². The Morgan fingerprint density at radius 1 is 1.80 bits per heavy atom. The molecule has 0 amide bonds. The van der Waals surface area contributed by atoms with Gasteiger partial charge >= 0.3 is 0 Å². The van der Waals surface area contributed by atoms with Crippen molar-refractivity contribution in [2.45, 2.75) is 6.92 Å². The maximum Gasteiger partial charge on any atom is 0 e. The zero-order valence-electron chi connectivity index (χ0n) is 3.06. The molecule has 5 heavy (non-hydrogen) atoms. The van der Waals surface area contributed by atoms with Crippen LogP contribution in [0.3, 0.4) is 0 Å². The minimum atomic E-state index is 0. The van der Waals surface area contributed by atoms with Gasteiger partial charge in [-0.3, -0.25) is 5.92 Å². The molecule has 0 atom stereocenters. The van der Waals surface area contributed by atoms with E-state index in [0.29, 0.717) is 0 Å². The fourth-order valence-electron chi connectivity index (χ4n) is 0. The van der Waals surface area contributed by atoms with Crippen LogP contribution in [0.1, 0.15) is 6.92 Å². The minimum absolute atomic E-state index is 0. The van der Waals surface area contributed by atoms with Crippen LogP contribution in [0.4, 0.5) is 0 Å². The summed E-state index contributed by atoms with van der Waals surface area (Å²) in [6.07, 6.45) is 6.38. The monoisotopic (exact) mass is 205 g/mol. The molecule has 0 aromatic carbocycles. The predicted molar refractivity (Wildman–Crippen MR) is 18.8 cm³/mol. The molecule has 0 bridgehead atoms. The summed E-state index contributed by atoms with van der Waals surface area (Å²) in [5.74, 6) is 2.31. The maximum atomic E-state index is 4.72. The maximum absolute atomic E-state index is 4.72. The van der Waals surface area contributed by atoms with Gasteiger partial charge in [0, 0.05) is 40.4 Å². The van der Waals surface area contributed by atoms with Crippen LogP contribution in [0.2, 0.25) is 0 Å². The van der Waals surface area contributed by atoms with Gasteiger partial charge in [0.15, 0.2) is 0 Å². The average Bonchev–Trinajstić information content (AvgIpc) is 1.37. The molecule has 0 aliphatic rings. The van der Waals surface area contributed by atoms with Crippen molar-refractivity contribution in [2.75, 3.05) is 0 Å². The van der Waals surface area contributed by atoms with Crippen LogP contribution in [-0.4, -0.2) is 0 Å². The first-order chi connectivity index (χ1) is 1.91. The Labute approximate surface area is 65.4 Å². The third kappa shape index (κ3) is 11.7. The van der Waals surface area contributed by atoms with Gasteiger partial charge in [-0.05, 0) is 0 Å². The Morgan fingerprint density at radius 3 is 2.00 bits per heavy atom. The van der Waals surface area contributed by atoms with Crippen molar-refractivity contribution in [3.05, 3.63) is 6.42 Å². The van der Waals surface area contributed by atoms with Gasteiger partial charge in [0.25, 0.3) is 0 Å². The molecule has 0 aromatic heterocycles. The Hall–Kier alpha value is 0.768. The summed E-state index contributed by atoms with van der Waals surface area (Å²) < 4.78 is 0. The molecule has 1 heteroatoms. The van der Waals surface area contributed by atoms with E-state index >= 15 is 0 Å². The van der Waals surface area contributed by atoms with Crippen LogP contribution in [0.15, 0.2) is 0 Å². The molecule has 0 radical (unpaired) electrons. The van der Waals surface area contributed by atoms with E-state index in [1.165, 1.54) is 0 Å². The molecular formula is C4H5Sm-. The first-order valence-corrected chi connectivity index (χ1v) is 1.15. The zero-order chi connectivity index (χ0) is 3.41. The number of hydrogen-bond acceptors (Lipinski definition) is 0. The molecule has 0 unspecified atom stereocenters. The molecule has 0 nitrogen and oxygen atoms in total. The summed E-state index contributed by atoms with van der Waals surface area (Å²) in [5.41, 5.74) is 0. The third-order valence-corrected chi connectivity index (χ3v) is 0.167. The molecule has 0 aliphatic heterocycles. The smallest absolute Gasteiger partial charge is 0 e. The summed E-state index contributed by atoms with van der Waals surface area (Å²) in [4.78, 5) is 0. The molecule has 0 saturated heterocycles. The number of rotatable bonds is 0. The Kier molecular flexibility index (Phi) is 16.3. The van der Waals surface area contributed by atoms with Crippen molar-refractivity contribution in [1.29, 1.82) is 0 Å². The second kappa shape index (κ2) is 8.84. The Balaban J connectivity index is 0. The van der Waals surface area contributed by atoms with Crippen LogP contribution in [0, 0.1) is 59.2 Å². The van der Waals surface area contributed by atoms with Crippen molar-refractivity contribution >= 4 is 0 Å². The van der Waals surface area contributed by atoms with E-state index in [1.54, 1.807) is 6.42 Å². The largest absolute Gasteiger partial charge is 0.345 e. The Morgan fingerprint density at radius 2 is 2.00 bits per heavy atom. The predicted octanol–water partition coefficient (Wildman–Crippen LogP) is 0.844. The van der Waals surface area contributed by atoms with Crippen LogP contribution in [0.25, 0.3) is 0 Å².